The molecule has 0 unspecified atom stereocenters. The number of hydrazine groups is 2. The minimum absolute atomic E-state index is 0. The number of ketones is 2. The quantitative estimate of drug-likeness (QED) is 0.365. The van der Waals surface area contributed by atoms with E-state index in [1.807, 2.05) is 0 Å². The monoisotopic (exact) mass is 417 g/mol. The Hall–Kier alpha value is -3.24. The summed E-state index contributed by atoms with van der Waals surface area (Å²) in [4.78, 5) is 35.2. The predicted molar refractivity (Wildman–Crippen MR) is 92.6 cm³/mol. The Balaban J connectivity index is 0.00000364. The molecular formula is C17H18CoN4O5. The number of hydrogen-bond acceptors (Lipinski definition) is 7. The number of urea groups is 1. The van der Waals surface area contributed by atoms with Gasteiger partial charge in [0.1, 0.15) is 11.5 Å². The van der Waals surface area contributed by atoms with Gasteiger partial charge in [0.05, 0.1) is 25.4 Å². The van der Waals surface area contributed by atoms with E-state index in [1.54, 1.807) is 24.3 Å². The second-order valence-electron chi connectivity index (χ2n) is 4.90. The van der Waals surface area contributed by atoms with E-state index in [1.165, 1.54) is 38.8 Å². The summed E-state index contributed by atoms with van der Waals surface area (Å²) in [6.07, 6.45) is 11.8. The van der Waals surface area contributed by atoms with Crippen LogP contribution in [0.5, 0.6) is 0 Å². The summed E-state index contributed by atoms with van der Waals surface area (Å²) < 4.78 is 10.1. The molecule has 0 spiro atoms. The van der Waals surface area contributed by atoms with Crippen molar-refractivity contribution in [1.82, 2.24) is 21.7 Å². The molecule has 0 aliphatic heterocycles. The normalized spacial score (nSPS) is 18.3. The molecule has 2 aliphatic carbocycles. The van der Waals surface area contributed by atoms with Crippen molar-refractivity contribution in [1.29, 1.82) is 0 Å². The van der Waals surface area contributed by atoms with Gasteiger partial charge in [0, 0.05) is 29.2 Å². The summed E-state index contributed by atoms with van der Waals surface area (Å²) >= 11 is 0. The van der Waals surface area contributed by atoms with Gasteiger partial charge in [-0.3, -0.25) is 20.4 Å². The van der Waals surface area contributed by atoms with Gasteiger partial charge in [-0.1, -0.05) is 12.2 Å². The first-order valence-corrected chi connectivity index (χ1v) is 7.48. The fourth-order valence-corrected chi connectivity index (χ4v) is 2.07. The maximum Gasteiger partial charge on any atom is 0.351 e. The van der Waals surface area contributed by atoms with E-state index in [0.717, 1.165) is 0 Å². The van der Waals surface area contributed by atoms with Crippen molar-refractivity contribution >= 4 is 17.6 Å². The molecule has 145 valence electrons. The van der Waals surface area contributed by atoms with Gasteiger partial charge in [0.2, 0.25) is 0 Å². The van der Waals surface area contributed by atoms with Crippen LogP contribution in [0.15, 0.2) is 71.5 Å². The van der Waals surface area contributed by atoms with Gasteiger partial charge in [-0.25, -0.2) is 4.79 Å². The number of allylic oxidation sites excluding steroid dienone is 8. The fourth-order valence-electron chi connectivity index (χ4n) is 2.07. The van der Waals surface area contributed by atoms with Crippen LogP contribution in [-0.4, -0.2) is 31.8 Å². The Morgan fingerprint density at radius 1 is 0.852 bits per heavy atom. The van der Waals surface area contributed by atoms with Crippen LogP contribution in [0.2, 0.25) is 0 Å². The molecule has 0 bridgehead atoms. The molecule has 0 aromatic rings. The van der Waals surface area contributed by atoms with E-state index >= 15 is 0 Å². The van der Waals surface area contributed by atoms with Gasteiger partial charge in [-0.15, -0.1) is 0 Å². The topological polar surface area (TPSA) is 118 Å². The average molecular weight is 417 g/mol. The first-order chi connectivity index (χ1) is 12.6. The number of amides is 2. The van der Waals surface area contributed by atoms with Crippen LogP contribution < -0.4 is 21.7 Å². The molecule has 0 fully saturated rings. The summed E-state index contributed by atoms with van der Waals surface area (Å²) in [5.41, 5.74) is 10.1. The zero-order chi connectivity index (χ0) is 18.9. The van der Waals surface area contributed by atoms with Crippen LogP contribution in [0, 0.1) is 0 Å². The SMILES string of the molecule is COC1=CC=CC(=O)/C1=C\NNC(=O)NN/C=C1\C(=O)C=CC=C1OC.[Co]. The molecule has 0 saturated heterocycles. The summed E-state index contributed by atoms with van der Waals surface area (Å²) in [6, 6.07) is -0.651. The third kappa shape index (κ3) is 5.90. The Morgan fingerprint density at radius 2 is 1.26 bits per heavy atom. The number of ether oxygens (including phenoxy) is 2. The molecule has 0 saturated carbocycles. The van der Waals surface area contributed by atoms with Gasteiger partial charge in [0.15, 0.2) is 11.6 Å². The molecule has 2 rings (SSSR count). The van der Waals surface area contributed by atoms with Crippen LogP contribution in [0.1, 0.15) is 0 Å². The molecule has 27 heavy (non-hydrogen) atoms. The van der Waals surface area contributed by atoms with Crippen molar-refractivity contribution < 1.29 is 40.6 Å². The third-order valence-electron chi connectivity index (χ3n) is 3.30. The standard InChI is InChI=1S/C17H18N4O5.Co/c1-25-15-7-3-5-13(22)11(15)9-18-20-17(24)21-19-10-12-14(23)6-4-8-16(12)26-2;/h3-10,18-19H,1-2H3,(H2,20,21,24);/b11-9+,12-10+;. The number of rotatable bonds is 6. The van der Waals surface area contributed by atoms with Crippen molar-refractivity contribution in [2.45, 2.75) is 0 Å². The fraction of sp³-hybridized carbons (Fsp3) is 0.118. The van der Waals surface area contributed by atoms with E-state index in [2.05, 4.69) is 21.7 Å². The molecule has 10 heteroatoms. The van der Waals surface area contributed by atoms with Crippen molar-refractivity contribution in [2.24, 2.45) is 0 Å². The van der Waals surface area contributed by atoms with Crippen molar-refractivity contribution in [3.05, 3.63) is 71.5 Å². The Kier molecular flexibility index (Phi) is 8.62. The molecule has 4 N–H and O–H groups in total. The molecule has 2 amide bonds. The molecule has 0 aromatic heterocycles. The van der Waals surface area contributed by atoms with Gasteiger partial charge in [-0.05, 0) is 24.3 Å². The van der Waals surface area contributed by atoms with Crippen LogP contribution in [-0.2, 0) is 35.8 Å². The molecule has 2 aliphatic rings. The minimum Gasteiger partial charge on any atom is -0.496 e. The van der Waals surface area contributed by atoms with E-state index < -0.39 is 6.03 Å². The van der Waals surface area contributed by atoms with Crippen LogP contribution in [0.25, 0.3) is 0 Å². The molecular weight excluding hydrogens is 399 g/mol. The van der Waals surface area contributed by atoms with Crippen LogP contribution in [0.3, 0.4) is 0 Å². The first kappa shape index (κ1) is 21.8. The zero-order valence-corrected chi connectivity index (χ0v) is 15.5. The Morgan fingerprint density at radius 3 is 1.63 bits per heavy atom. The third-order valence-corrected chi connectivity index (χ3v) is 3.30. The van der Waals surface area contributed by atoms with Crippen molar-refractivity contribution in [3.63, 3.8) is 0 Å². The Labute approximate surface area is 166 Å². The molecule has 0 atom stereocenters. The first-order valence-electron chi connectivity index (χ1n) is 7.48. The van der Waals surface area contributed by atoms with E-state index in [0.29, 0.717) is 11.5 Å². The van der Waals surface area contributed by atoms with E-state index in [4.69, 9.17) is 9.47 Å². The summed E-state index contributed by atoms with van der Waals surface area (Å²) in [5.74, 6) is 0.227. The van der Waals surface area contributed by atoms with Gasteiger partial charge >= 0.3 is 6.03 Å². The van der Waals surface area contributed by atoms with Gasteiger partial charge in [0.25, 0.3) is 0 Å². The van der Waals surface area contributed by atoms with Crippen LogP contribution >= 0.6 is 0 Å². The zero-order valence-electron chi connectivity index (χ0n) is 14.5. The minimum atomic E-state index is -0.651. The largest absolute Gasteiger partial charge is 0.496 e. The molecule has 0 heterocycles. The number of hydrogen-bond donors (Lipinski definition) is 4. The molecule has 1 radical (unpaired) electrons. The second kappa shape index (κ2) is 10.7. The predicted octanol–water partition coefficient (Wildman–Crippen LogP) is 0.399. The van der Waals surface area contributed by atoms with E-state index in [9.17, 15) is 14.4 Å². The van der Waals surface area contributed by atoms with Gasteiger partial charge < -0.3 is 20.3 Å². The summed E-state index contributed by atoms with van der Waals surface area (Å²) in [5, 5.41) is 0. The molecule has 0 aromatic carbocycles. The number of carbonyl (C=O) groups is 3. The van der Waals surface area contributed by atoms with E-state index in [-0.39, 0.29) is 39.5 Å². The van der Waals surface area contributed by atoms with Crippen molar-refractivity contribution in [2.75, 3.05) is 14.2 Å². The summed E-state index contributed by atoms with van der Waals surface area (Å²) in [7, 11) is 2.88. The smallest absolute Gasteiger partial charge is 0.351 e. The second-order valence-corrected chi connectivity index (χ2v) is 4.90. The van der Waals surface area contributed by atoms with Gasteiger partial charge in [-0.2, -0.15) is 0 Å². The van der Waals surface area contributed by atoms with Crippen LogP contribution in [0.4, 0.5) is 4.79 Å². The number of methoxy groups -OCH3 is 2. The Bertz CT molecular complexity index is 729. The average Bonchev–Trinajstić information content (AvgIpc) is 2.64. The molecule has 9 nitrogen and oxygen atoms in total. The number of nitrogens with one attached hydrogen (secondary N) is 4. The number of carbonyl (C=O) groups excluding carboxylic acids is 3. The maximum absolute atomic E-state index is 11.8. The summed E-state index contributed by atoms with van der Waals surface area (Å²) in [6.45, 7) is 0. The maximum atomic E-state index is 11.8. The van der Waals surface area contributed by atoms with Crippen molar-refractivity contribution in [3.8, 4) is 0 Å².